The van der Waals surface area contributed by atoms with Gasteiger partial charge >= 0.3 is 0 Å². The summed E-state index contributed by atoms with van der Waals surface area (Å²) in [6, 6.07) is 12.0. The lowest BCUT2D eigenvalue weighted by atomic mass is 10.2. The van der Waals surface area contributed by atoms with Crippen molar-refractivity contribution in [2.45, 2.75) is 0 Å². The average molecular weight is 406 g/mol. The molecule has 1 N–H and O–H groups in total. The highest BCUT2D eigenvalue weighted by Crippen LogP contribution is 2.40. The molecular weight excluding hydrogens is 394 g/mol. The zero-order chi connectivity index (χ0) is 17.3. The van der Waals surface area contributed by atoms with E-state index in [0.29, 0.717) is 21.5 Å². The minimum Gasteiger partial charge on any atom is -0.503 e. The van der Waals surface area contributed by atoms with Crippen molar-refractivity contribution in [3.8, 4) is 11.5 Å². The van der Waals surface area contributed by atoms with E-state index in [1.165, 1.54) is 7.11 Å². The second-order valence-electron chi connectivity index (χ2n) is 4.87. The third-order valence-electron chi connectivity index (χ3n) is 3.42. The van der Waals surface area contributed by atoms with Gasteiger partial charge in [-0.25, -0.2) is 4.90 Å². The number of hydrogen-bond donors (Lipinski definition) is 1. The minimum atomic E-state index is -0.390. The lowest BCUT2D eigenvalue weighted by Gasteiger charge is -2.11. The van der Waals surface area contributed by atoms with Crippen LogP contribution < -0.4 is 9.64 Å². The molecule has 0 aliphatic carbocycles. The van der Waals surface area contributed by atoms with Gasteiger partial charge in [-0.15, -0.1) is 0 Å². The molecule has 1 saturated heterocycles. The van der Waals surface area contributed by atoms with Gasteiger partial charge < -0.3 is 9.84 Å². The summed E-state index contributed by atoms with van der Waals surface area (Å²) < 4.78 is 5.43. The number of benzene rings is 2. The maximum absolute atomic E-state index is 12.6. The van der Waals surface area contributed by atoms with Crippen LogP contribution in [-0.4, -0.2) is 23.4 Å². The molecular formula is C17H12BrNO4S. The zero-order valence-corrected chi connectivity index (χ0v) is 14.9. The van der Waals surface area contributed by atoms with Crippen molar-refractivity contribution in [1.29, 1.82) is 0 Å². The maximum atomic E-state index is 12.6. The fraction of sp³-hybridized carbons (Fsp3) is 0.0588. The molecule has 0 radical (unpaired) electrons. The first-order chi connectivity index (χ1) is 11.5. The highest BCUT2D eigenvalue weighted by Gasteiger charge is 2.36. The third kappa shape index (κ3) is 2.92. The molecule has 0 atom stereocenters. The number of aromatic hydroxyl groups is 1. The number of rotatable bonds is 3. The van der Waals surface area contributed by atoms with Crippen LogP contribution in [0.2, 0.25) is 0 Å². The largest absolute Gasteiger partial charge is 0.503 e. The van der Waals surface area contributed by atoms with E-state index in [1.54, 1.807) is 42.5 Å². The Morgan fingerprint density at radius 3 is 2.54 bits per heavy atom. The molecule has 3 rings (SSSR count). The highest BCUT2D eigenvalue weighted by atomic mass is 79.9. The number of amides is 2. The van der Waals surface area contributed by atoms with Gasteiger partial charge in [0, 0.05) is 0 Å². The number of carbonyl (C=O) groups is 2. The van der Waals surface area contributed by atoms with E-state index >= 15 is 0 Å². The van der Waals surface area contributed by atoms with Crippen LogP contribution in [0.15, 0.2) is 51.8 Å². The van der Waals surface area contributed by atoms with Gasteiger partial charge in [0.1, 0.15) is 0 Å². The predicted molar refractivity (Wildman–Crippen MR) is 97.3 cm³/mol. The van der Waals surface area contributed by atoms with Crippen LogP contribution in [0.1, 0.15) is 5.56 Å². The molecule has 1 fully saturated rings. The second kappa shape index (κ2) is 6.70. The van der Waals surface area contributed by atoms with Gasteiger partial charge in [0.25, 0.3) is 11.1 Å². The number of hydrogen-bond acceptors (Lipinski definition) is 5. The summed E-state index contributed by atoms with van der Waals surface area (Å²) in [6.07, 6.45) is 1.57. The van der Waals surface area contributed by atoms with Gasteiger partial charge in [-0.1, -0.05) is 18.2 Å². The van der Waals surface area contributed by atoms with Crippen molar-refractivity contribution >= 4 is 50.6 Å². The Balaban J connectivity index is 1.97. The number of nitrogens with zero attached hydrogens (tertiary/aromatic N) is 1. The molecule has 1 aliphatic rings. The van der Waals surface area contributed by atoms with Crippen LogP contribution >= 0.6 is 27.7 Å². The molecule has 24 heavy (non-hydrogen) atoms. The predicted octanol–water partition coefficient (Wildman–Crippen LogP) is 4.40. The van der Waals surface area contributed by atoms with Crippen molar-refractivity contribution in [3.05, 3.63) is 57.4 Å². The van der Waals surface area contributed by atoms with E-state index in [4.69, 9.17) is 4.74 Å². The van der Waals surface area contributed by atoms with E-state index in [2.05, 4.69) is 15.9 Å². The number of phenols is 1. The van der Waals surface area contributed by atoms with Gasteiger partial charge in [0.2, 0.25) is 0 Å². The van der Waals surface area contributed by atoms with Gasteiger partial charge in [-0.3, -0.25) is 9.59 Å². The molecule has 1 heterocycles. The lowest BCUT2D eigenvalue weighted by molar-refractivity contribution is -0.113. The fourth-order valence-corrected chi connectivity index (χ4v) is 3.52. The summed E-state index contributed by atoms with van der Waals surface area (Å²) >= 11 is 4.14. The standard InChI is InChI=1S/C17H12BrNO4S/c1-23-12-8-7-10(14(18)15(12)20)9-13-16(21)19(17(22)24-13)11-5-3-2-4-6-11/h2-9,20H,1H3. The average Bonchev–Trinajstić information content (AvgIpc) is 2.87. The Bertz CT molecular complexity index is 851. The smallest absolute Gasteiger partial charge is 0.298 e. The minimum absolute atomic E-state index is 0.0615. The van der Waals surface area contributed by atoms with E-state index in [0.717, 1.165) is 16.7 Å². The fourth-order valence-electron chi connectivity index (χ4n) is 2.25. The topological polar surface area (TPSA) is 66.8 Å². The first-order valence-corrected chi connectivity index (χ1v) is 8.52. The monoisotopic (exact) mass is 405 g/mol. The van der Waals surface area contributed by atoms with Gasteiger partial charge in [0.15, 0.2) is 11.5 Å². The van der Waals surface area contributed by atoms with E-state index in [9.17, 15) is 14.7 Å². The molecule has 2 aromatic carbocycles. The van der Waals surface area contributed by atoms with Crippen molar-refractivity contribution in [2.75, 3.05) is 12.0 Å². The Morgan fingerprint density at radius 2 is 1.88 bits per heavy atom. The van der Waals surface area contributed by atoms with Crippen molar-refractivity contribution in [1.82, 2.24) is 0 Å². The summed E-state index contributed by atoms with van der Waals surface area (Å²) in [5, 5.41) is 9.67. The third-order valence-corrected chi connectivity index (χ3v) is 5.13. The summed E-state index contributed by atoms with van der Waals surface area (Å²) in [5.74, 6) is -0.136. The van der Waals surface area contributed by atoms with Crippen LogP contribution in [0.25, 0.3) is 6.08 Å². The number of methoxy groups -OCH3 is 1. The molecule has 0 aromatic heterocycles. The SMILES string of the molecule is COc1ccc(C=C2SC(=O)N(c3ccccc3)C2=O)c(Br)c1O. The summed E-state index contributed by atoms with van der Waals surface area (Å²) in [6.45, 7) is 0. The highest BCUT2D eigenvalue weighted by molar-refractivity contribution is 9.10. The first kappa shape index (κ1) is 16.6. The molecule has 0 bridgehead atoms. The van der Waals surface area contributed by atoms with Crippen molar-refractivity contribution in [2.24, 2.45) is 0 Å². The normalized spacial score (nSPS) is 16.1. The van der Waals surface area contributed by atoms with Gasteiger partial charge in [-0.2, -0.15) is 0 Å². The van der Waals surface area contributed by atoms with Crippen LogP contribution in [0.3, 0.4) is 0 Å². The molecule has 122 valence electrons. The van der Waals surface area contributed by atoms with E-state index < -0.39 is 5.91 Å². The molecule has 1 aliphatic heterocycles. The Hall–Kier alpha value is -2.25. The molecule has 0 spiro atoms. The Morgan fingerprint density at radius 1 is 1.17 bits per heavy atom. The molecule has 0 unspecified atom stereocenters. The van der Waals surface area contributed by atoms with Crippen LogP contribution in [-0.2, 0) is 4.79 Å². The van der Waals surface area contributed by atoms with Crippen molar-refractivity contribution in [3.63, 3.8) is 0 Å². The summed E-state index contributed by atoms with van der Waals surface area (Å²) in [7, 11) is 1.45. The lowest BCUT2D eigenvalue weighted by Crippen LogP contribution is -2.27. The number of thioether (sulfide) groups is 1. The number of para-hydroxylation sites is 1. The van der Waals surface area contributed by atoms with Gasteiger partial charge in [0.05, 0.1) is 22.2 Å². The Kier molecular flexibility index (Phi) is 4.64. The van der Waals surface area contributed by atoms with Crippen LogP contribution in [0, 0.1) is 0 Å². The number of anilines is 1. The maximum Gasteiger partial charge on any atom is 0.298 e. The van der Waals surface area contributed by atoms with E-state index in [-0.39, 0.29) is 15.9 Å². The Labute approximate surface area is 151 Å². The molecule has 2 aromatic rings. The number of phenolic OH excluding ortho intramolecular Hbond substituents is 1. The second-order valence-corrected chi connectivity index (χ2v) is 6.66. The number of halogens is 1. The van der Waals surface area contributed by atoms with Crippen molar-refractivity contribution < 1.29 is 19.4 Å². The number of carbonyl (C=O) groups excluding carboxylic acids is 2. The first-order valence-electron chi connectivity index (χ1n) is 6.91. The summed E-state index contributed by atoms with van der Waals surface area (Å²) in [5.41, 5.74) is 1.10. The van der Waals surface area contributed by atoms with Crippen LogP contribution in [0.5, 0.6) is 11.5 Å². The van der Waals surface area contributed by atoms with E-state index in [1.807, 2.05) is 6.07 Å². The quantitative estimate of drug-likeness (QED) is 0.766. The van der Waals surface area contributed by atoms with Crippen LogP contribution in [0.4, 0.5) is 10.5 Å². The molecule has 0 saturated carbocycles. The molecule has 2 amide bonds. The van der Waals surface area contributed by atoms with Gasteiger partial charge in [-0.05, 0) is 63.6 Å². The summed E-state index contributed by atoms with van der Waals surface area (Å²) in [4.78, 5) is 26.2. The molecule has 7 heteroatoms. The zero-order valence-electron chi connectivity index (χ0n) is 12.5. The number of imide groups is 1. The number of ether oxygens (including phenoxy) is 1. The molecule has 5 nitrogen and oxygen atoms in total.